The van der Waals surface area contributed by atoms with Crippen molar-refractivity contribution in [1.29, 1.82) is 0 Å². The van der Waals surface area contributed by atoms with Crippen LogP contribution in [0.3, 0.4) is 0 Å². The van der Waals surface area contributed by atoms with Gasteiger partial charge in [-0.15, -0.1) is 42.7 Å². The Bertz CT molecular complexity index is 4230. The van der Waals surface area contributed by atoms with Crippen LogP contribution in [0.15, 0.2) is 180 Å². The fourth-order valence-corrected chi connectivity index (χ4v) is 9.96. The molecule has 0 spiro atoms. The van der Waals surface area contributed by atoms with E-state index in [4.69, 9.17) is 21.0 Å². The van der Waals surface area contributed by atoms with Crippen molar-refractivity contribution in [3.05, 3.63) is 211 Å². The van der Waals surface area contributed by atoms with Crippen LogP contribution in [0.1, 0.15) is 81.7 Å². The zero-order valence-corrected chi connectivity index (χ0v) is 44.2. The van der Waals surface area contributed by atoms with E-state index < -0.39 is 24.5 Å². The largest absolute Gasteiger partial charge is 0.509 e. The van der Waals surface area contributed by atoms with E-state index in [1.807, 2.05) is 127 Å². The van der Waals surface area contributed by atoms with Gasteiger partial charge in [-0.1, -0.05) is 163 Å². The third-order valence-corrected chi connectivity index (χ3v) is 13.5. The number of hydrogen-bond acceptors (Lipinski definition) is 5. The molecule has 8 aromatic carbocycles. The summed E-state index contributed by atoms with van der Waals surface area (Å²) >= 11 is 0. The average Bonchev–Trinajstić information content (AvgIpc) is 4.11. The summed E-state index contributed by atoms with van der Waals surface area (Å²) in [6.07, 6.45) is 0.0377. The summed E-state index contributed by atoms with van der Waals surface area (Å²) in [5, 5.41) is 3.71. The van der Waals surface area contributed by atoms with Crippen LogP contribution < -0.4 is 14.5 Å². The Labute approximate surface area is 453 Å². The maximum atomic E-state index is 9.25. The molecule has 4 heterocycles. The smallest absolute Gasteiger partial charge is 0.135 e. The molecule has 0 N–H and O–H groups in total. The van der Waals surface area contributed by atoms with Gasteiger partial charge in [0.25, 0.3) is 0 Å². The first-order valence-corrected chi connectivity index (χ1v) is 24.5. The average molecular weight is 1140 g/mol. The number of fused-ring (bicyclic) bond motifs is 8. The first-order chi connectivity index (χ1) is 37.6. The first-order valence-electron chi connectivity index (χ1n) is 28.0. The topological polar surface area (TPSA) is 46.7 Å². The Kier molecular flexibility index (Phi) is 10.2. The fourth-order valence-electron chi connectivity index (χ4n) is 9.96. The molecule has 73 heavy (non-hydrogen) atoms. The van der Waals surface area contributed by atoms with Gasteiger partial charge in [-0.3, -0.25) is 0 Å². The van der Waals surface area contributed by atoms with E-state index in [0.29, 0.717) is 45.3 Å². The number of hydrogen-bond donors (Lipinski definition) is 0. The summed E-state index contributed by atoms with van der Waals surface area (Å²) in [5.74, 6) is 1.07. The van der Waals surface area contributed by atoms with Crippen LogP contribution in [0.2, 0.25) is 0 Å². The molecule has 366 valence electrons. The van der Waals surface area contributed by atoms with E-state index in [-0.39, 0.29) is 55.5 Å². The molecule has 0 unspecified atom stereocenters. The number of aromatic nitrogens is 2. The van der Waals surface area contributed by atoms with E-state index in [9.17, 15) is 2.74 Å². The molecule has 11 aromatic rings. The van der Waals surface area contributed by atoms with E-state index in [2.05, 4.69) is 95.0 Å². The maximum Gasteiger partial charge on any atom is 0.135 e. The minimum Gasteiger partial charge on any atom is -0.509 e. The van der Waals surface area contributed by atoms with Crippen LogP contribution in [-0.4, -0.2) is 9.55 Å². The second-order valence-corrected chi connectivity index (χ2v) is 20.9. The molecule has 0 saturated carbocycles. The third-order valence-electron chi connectivity index (χ3n) is 13.5. The SMILES string of the molecule is [2H]c1c([2H])c([2H])c(-c2cccc(-c3cc(C(C)(C)C)cc(C(C)(C)C)c3)c2N2[CH-]N(c3[c-]c(Oc4[c-]c5c(cc4)c4c6oc7ccccc7c6ccc4n5-c4cc(C([2H])([2H])C(C)C)ccn4)ccc3)c3ccccc32)c([2H])c1[2H].[Pt]. The molecular formula is C66H57N4O2Pt-3. The molecule has 6 nitrogen and oxygen atoms in total. The monoisotopic (exact) mass is 1140 g/mol. The molecule has 0 bridgehead atoms. The number of para-hydroxylation sites is 4. The standard InChI is InChI=1S/C66H57N4O2.Pt/c1-42(2)34-43-32-33-67-61(35-43)70-58-31-30-54-53-22-12-15-27-60(53)72-64(54)62(58)55-29-28-50(40-59(55)70)71-49-21-16-20-48(39-49)68-41-69(57-26-14-13-25-56(57)68)63-51(44-18-10-9-11-19-44)23-17-24-52(63)45-36-46(65(3,4)5)38-47(37-45)66(6,7)8;/h9-33,35-38,41-42H,34H2,1-8H3;/q-3;/i9D,10D,11D,18D,19D,34D2;. The predicted molar refractivity (Wildman–Crippen MR) is 298 cm³/mol. The molecule has 1 aliphatic heterocycles. The van der Waals surface area contributed by atoms with Gasteiger partial charge in [0.1, 0.15) is 17.0 Å². The van der Waals surface area contributed by atoms with Gasteiger partial charge in [-0.05, 0) is 98.8 Å². The molecule has 3 aromatic heterocycles. The van der Waals surface area contributed by atoms with Crippen LogP contribution in [0.4, 0.5) is 22.7 Å². The summed E-state index contributed by atoms with van der Waals surface area (Å²) in [6, 6.07) is 51.0. The van der Waals surface area contributed by atoms with Crippen LogP contribution in [0, 0.1) is 24.7 Å². The Hall–Kier alpha value is -7.40. The number of ether oxygens (including phenoxy) is 1. The number of benzene rings is 8. The second kappa shape index (κ2) is 18.6. The Morgan fingerprint density at radius 3 is 2.08 bits per heavy atom. The van der Waals surface area contributed by atoms with Crippen LogP contribution >= 0.6 is 0 Å². The van der Waals surface area contributed by atoms with Crippen LogP contribution in [-0.2, 0) is 38.3 Å². The molecule has 1 aliphatic rings. The first kappa shape index (κ1) is 40.1. The summed E-state index contributed by atoms with van der Waals surface area (Å²) < 4.78 is 77.9. The number of rotatable bonds is 9. The van der Waals surface area contributed by atoms with E-state index in [1.165, 1.54) is 0 Å². The molecule has 7 heteroatoms. The molecular weight excluding hydrogens is 1080 g/mol. The van der Waals surface area contributed by atoms with Crippen molar-refractivity contribution < 1.29 is 39.8 Å². The quantitative estimate of drug-likeness (QED) is 0.135. The van der Waals surface area contributed by atoms with E-state index in [1.54, 1.807) is 12.3 Å². The second-order valence-electron chi connectivity index (χ2n) is 20.9. The van der Waals surface area contributed by atoms with Crippen molar-refractivity contribution in [3.63, 3.8) is 0 Å². The minimum absolute atomic E-state index is 0. The fraction of sp³-hybridized carbons (Fsp3) is 0.182. The minimum atomic E-state index is -1.62. The summed E-state index contributed by atoms with van der Waals surface area (Å²) in [7, 11) is 0. The van der Waals surface area contributed by atoms with Crippen molar-refractivity contribution in [2.75, 3.05) is 9.80 Å². The summed E-state index contributed by atoms with van der Waals surface area (Å²) in [5.41, 5.74) is 10.6. The van der Waals surface area contributed by atoms with Gasteiger partial charge in [-0.25, -0.2) is 4.98 Å². The zero-order chi connectivity index (χ0) is 55.6. The Balaban J connectivity index is 0.00000675. The van der Waals surface area contributed by atoms with Crippen LogP contribution in [0.5, 0.6) is 11.5 Å². The molecule has 0 fully saturated rings. The van der Waals surface area contributed by atoms with Gasteiger partial charge in [-0.2, -0.15) is 12.1 Å². The molecule has 0 radical (unpaired) electrons. The van der Waals surface area contributed by atoms with Gasteiger partial charge >= 0.3 is 0 Å². The maximum absolute atomic E-state index is 9.25. The van der Waals surface area contributed by atoms with E-state index in [0.717, 1.165) is 71.9 Å². The van der Waals surface area contributed by atoms with Crippen molar-refractivity contribution >= 4 is 66.5 Å². The van der Waals surface area contributed by atoms with Crippen molar-refractivity contribution in [2.45, 2.75) is 72.6 Å². The normalized spacial score (nSPS) is 14.5. The van der Waals surface area contributed by atoms with Crippen LogP contribution in [0.25, 0.3) is 71.8 Å². The van der Waals surface area contributed by atoms with Gasteiger partial charge in [0.05, 0.1) is 6.85 Å². The Morgan fingerprint density at radius 2 is 1.34 bits per heavy atom. The molecule has 0 atom stereocenters. The summed E-state index contributed by atoms with van der Waals surface area (Å²) in [6.45, 7) is 18.9. The number of furan rings is 1. The van der Waals surface area contributed by atoms with Crippen molar-refractivity contribution in [1.82, 2.24) is 9.55 Å². The number of pyridine rings is 1. The van der Waals surface area contributed by atoms with Crippen molar-refractivity contribution in [3.8, 4) is 39.6 Å². The number of anilines is 4. The Morgan fingerprint density at radius 1 is 0.671 bits per heavy atom. The zero-order valence-electron chi connectivity index (χ0n) is 48.9. The molecule has 0 amide bonds. The number of nitrogens with zero attached hydrogens (tertiary/aromatic N) is 4. The van der Waals surface area contributed by atoms with Gasteiger partial charge in [0.15, 0.2) is 0 Å². The van der Waals surface area contributed by atoms with Gasteiger partial charge in [0.2, 0.25) is 0 Å². The van der Waals surface area contributed by atoms with Gasteiger partial charge in [0, 0.05) is 86.0 Å². The van der Waals surface area contributed by atoms with E-state index >= 15 is 0 Å². The predicted octanol–water partition coefficient (Wildman–Crippen LogP) is 18.0. The molecule has 0 saturated heterocycles. The molecule has 0 aliphatic carbocycles. The summed E-state index contributed by atoms with van der Waals surface area (Å²) in [4.78, 5) is 8.90. The molecule has 12 rings (SSSR count). The van der Waals surface area contributed by atoms with Gasteiger partial charge < -0.3 is 23.5 Å². The van der Waals surface area contributed by atoms with Crippen molar-refractivity contribution in [2.24, 2.45) is 5.92 Å². The third kappa shape index (κ3) is 8.70.